The molecule has 0 heterocycles. The lowest BCUT2D eigenvalue weighted by Gasteiger charge is -2.15. The van der Waals surface area contributed by atoms with Gasteiger partial charge in [-0.15, -0.1) is 0 Å². The number of halogens is 1. The molecule has 0 aliphatic carbocycles. The van der Waals surface area contributed by atoms with Gasteiger partial charge in [0.2, 0.25) is 5.75 Å². The number of rotatable bonds is 8. The molecule has 0 unspecified atom stereocenters. The van der Waals surface area contributed by atoms with Crippen molar-refractivity contribution < 1.29 is 19.0 Å². The highest BCUT2D eigenvalue weighted by atomic mass is 79.9. The molecule has 2 rings (SSSR count). The van der Waals surface area contributed by atoms with Gasteiger partial charge in [0, 0.05) is 11.0 Å². The largest absolute Gasteiger partial charge is 0.493 e. The van der Waals surface area contributed by atoms with Crippen LogP contribution < -0.4 is 19.5 Å². The maximum atomic E-state index is 12.5. The highest BCUT2D eigenvalue weighted by molar-refractivity contribution is 9.10. The molecule has 0 aliphatic rings. The van der Waals surface area contributed by atoms with Crippen molar-refractivity contribution in [1.29, 1.82) is 0 Å². The summed E-state index contributed by atoms with van der Waals surface area (Å²) in [7, 11) is 4.56. The lowest BCUT2D eigenvalue weighted by atomic mass is 10.1. The summed E-state index contributed by atoms with van der Waals surface area (Å²) in [6.45, 7) is 0.572. The third-order valence-corrected chi connectivity index (χ3v) is 4.26. The van der Waals surface area contributed by atoms with Gasteiger partial charge in [0.05, 0.1) is 26.9 Å². The summed E-state index contributed by atoms with van der Waals surface area (Å²) in [5, 5.41) is 2.92. The van der Waals surface area contributed by atoms with Crippen molar-refractivity contribution in [2.75, 3.05) is 27.9 Å². The molecule has 25 heavy (non-hydrogen) atoms. The molecule has 1 N–H and O–H groups in total. The monoisotopic (exact) mass is 407 g/mol. The van der Waals surface area contributed by atoms with E-state index in [-0.39, 0.29) is 5.91 Å². The molecule has 5 nitrogen and oxygen atoms in total. The number of aryl methyl sites for hydroxylation is 1. The Bertz CT molecular complexity index is 733. The Hall–Kier alpha value is -2.21. The Morgan fingerprint density at radius 1 is 1.04 bits per heavy atom. The number of amides is 1. The van der Waals surface area contributed by atoms with Crippen LogP contribution in [0.4, 0.5) is 0 Å². The van der Waals surface area contributed by atoms with Crippen molar-refractivity contribution in [3.05, 3.63) is 52.0 Å². The van der Waals surface area contributed by atoms with E-state index in [1.54, 1.807) is 19.2 Å². The zero-order valence-electron chi connectivity index (χ0n) is 14.6. The first-order valence-corrected chi connectivity index (χ1v) is 8.71. The molecule has 0 atom stereocenters. The summed E-state index contributed by atoms with van der Waals surface area (Å²) < 4.78 is 16.9. The van der Waals surface area contributed by atoms with Crippen molar-refractivity contribution in [2.24, 2.45) is 0 Å². The van der Waals surface area contributed by atoms with Crippen molar-refractivity contribution in [3.8, 4) is 17.2 Å². The Morgan fingerprint density at radius 3 is 2.44 bits per heavy atom. The van der Waals surface area contributed by atoms with E-state index < -0.39 is 0 Å². The van der Waals surface area contributed by atoms with Crippen LogP contribution in [0.1, 0.15) is 22.3 Å². The van der Waals surface area contributed by atoms with Gasteiger partial charge in [-0.05, 0) is 42.7 Å². The molecule has 6 heteroatoms. The second kappa shape index (κ2) is 9.32. The number of nitrogens with one attached hydrogen (secondary N) is 1. The Labute approximate surface area is 156 Å². The summed E-state index contributed by atoms with van der Waals surface area (Å²) in [6.07, 6.45) is 1.74. The molecule has 1 amide bonds. The van der Waals surface area contributed by atoms with Crippen LogP contribution in [0.2, 0.25) is 0 Å². The summed E-state index contributed by atoms with van der Waals surface area (Å²) in [4.78, 5) is 12.5. The van der Waals surface area contributed by atoms with Crippen LogP contribution in [0.15, 0.2) is 40.9 Å². The van der Waals surface area contributed by atoms with Gasteiger partial charge < -0.3 is 19.5 Å². The number of hydrogen-bond donors (Lipinski definition) is 1. The maximum absolute atomic E-state index is 12.5. The molecule has 2 aromatic carbocycles. The Morgan fingerprint density at radius 2 is 1.80 bits per heavy atom. The smallest absolute Gasteiger partial charge is 0.255 e. The van der Waals surface area contributed by atoms with Crippen molar-refractivity contribution in [1.82, 2.24) is 5.32 Å². The van der Waals surface area contributed by atoms with Crippen molar-refractivity contribution in [3.63, 3.8) is 0 Å². The number of carbonyl (C=O) groups is 1. The number of benzene rings is 2. The van der Waals surface area contributed by atoms with Gasteiger partial charge in [-0.25, -0.2) is 0 Å². The van der Waals surface area contributed by atoms with Crippen LogP contribution in [-0.2, 0) is 6.42 Å². The van der Waals surface area contributed by atoms with E-state index in [0.29, 0.717) is 29.4 Å². The number of hydrogen-bond acceptors (Lipinski definition) is 4. The first-order chi connectivity index (χ1) is 12.1. The lowest BCUT2D eigenvalue weighted by Crippen LogP contribution is -2.25. The second-order valence-corrected chi connectivity index (χ2v) is 6.29. The SMILES string of the molecule is COc1ccc(C(=O)NCCCc2cccc(Br)c2)c(OC)c1OC. The fourth-order valence-electron chi connectivity index (χ4n) is 2.56. The average Bonchev–Trinajstić information content (AvgIpc) is 2.63. The van der Waals surface area contributed by atoms with E-state index in [0.717, 1.165) is 17.3 Å². The zero-order valence-corrected chi connectivity index (χ0v) is 16.2. The van der Waals surface area contributed by atoms with Gasteiger partial charge in [0.15, 0.2) is 11.5 Å². The Kier molecular flexibility index (Phi) is 7.13. The van der Waals surface area contributed by atoms with Gasteiger partial charge in [0.1, 0.15) is 0 Å². The van der Waals surface area contributed by atoms with E-state index in [1.807, 2.05) is 12.1 Å². The molecule has 0 radical (unpaired) electrons. The minimum absolute atomic E-state index is 0.202. The third kappa shape index (κ3) is 4.89. The first kappa shape index (κ1) is 19.1. The standard InChI is InChI=1S/C19H22BrNO4/c1-23-16-10-9-15(17(24-2)18(16)25-3)19(22)21-11-5-7-13-6-4-8-14(20)12-13/h4,6,8-10,12H,5,7,11H2,1-3H3,(H,21,22). The molecular formula is C19H22BrNO4. The first-order valence-electron chi connectivity index (χ1n) is 7.92. The summed E-state index contributed by atoms with van der Waals surface area (Å²) in [6, 6.07) is 11.5. The van der Waals surface area contributed by atoms with Gasteiger partial charge in [-0.1, -0.05) is 28.1 Å². The number of methoxy groups -OCH3 is 3. The van der Waals surface area contributed by atoms with Crippen LogP contribution in [0.3, 0.4) is 0 Å². The summed E-state index contributed by atoms with van der Waals surface area (Å²) >= 11 is 3.46. The molecule has 0 aliphatic heterocycles. The zero-order chi connectivity index (χ0) is 18.2. The van der Waals surface area contributed by atoms with Crippen molar-refractivity contribution in [2.45, 2.75) is 12.8 Å². The quantitative estimate of drug-likeness (QED) is 0.675. The van der Waals surface area contributed by atoms with E-state index in [1.165, 1.54) is 19.8 Å². The van der Waals surface area contributed by atoms with E-state index in [4.69, 9.17) is 14.2 Å². The van der Waals surface area contributed by atoms with Crippen LogP contribution >= 0.6 is 15.9 Å². The molecule has 0 bridgehead atoms. The lowest BCUT2D eigenvalue weighted by molar-refractivity contribution is 0.0949. The van der Waals surface area contributed by atoms with E-state index >= 15 is 0 Å². The van der Waals surface area contributed by atoms with Crippen molar-refractivity contribution >= 4 is 21.8 Å². The molecule has 0 aromatic heterocycles. The van der Waals surface area contributed by atoms with E-state index in [9.17, 15) is 4.79 Å². The molecule has 0 spiro atoms. The summed E-state index contributed by atoms with van der Waals surface area (Å²) in [5.74, 6) is 1.09. The van der Waals surface area contributed by atoms with Crippen LogP contribution in [-0.4, -0.2) is 33.8 Å². The fourth-order valence-corrected chi connectivity index (χ4v) is 3.01. The van der Waals surface area contributed by atoms with Crippen LogP contribution in [0.25, 0.3) is 0 Å². The summed E-state index contributed by atoms with van der Waals surface area (Å²) in [5.41, 5.74) is 1.65. The van der Waals surface area contributed by atoms with Crippen LogP contribution in [0, 0.1) is 0 Å². The van der Waals surface area contributed by atoms with Gasteiger partial charge in [-0.2, -0.15) is 0 Å². The maximum Gasteiger partial charge on any atom is 0.255 e. The molecule has 2 aromatic rings. The molecular weight excluding hydrogens is 386 g/mol. The predicted molar refractivity (Wildman–Crippen MR) is 101 cm³/mol. The average molecular weight is 408 g/mol. The molecule has 0 saturated heterocycles. The minimum atomic E-state index is -0.202. The van der Waals surface area contributed by atoms with Gasteiger partial charge in [-0.3, -0.25) is 4.79 Å². The van der Waals surface area contributed by atoms with E-state index in [2.05, 4.69) is 33.4 Å². The Balaban J connectivity index is 1.98. The highest BCUT2D eigenvalue weighted by Crippen LogP contribution is 2.39. The van der Waals surface area contributed by atoms with Gasteiger partial charge in [0.25, 0.3) is 5.91 Å². The molecule has 0 saturated carbocycles. The molecule has 134 valence electrons. The van der Waals surface area contributed by atoms with Crippen LogP contribution in [0.5, 0.6) is 17.2 Å². The second-order valence-electron chi connectivity index (χ2n) is 5.37. The van der Waals surface area contributed by atoms with Gasteiger partial charge >= 0.3 is 0 Å². The number of ether oxygens (including phenoxy) is 3. The topological polar surface area (TPSA) is 56.8 Å². The predicted octanol–water partition coefficient (Wildman–Crippen LogP) is 3.84. The normalized spacial score (nSPS) is 10.2. The molecule has 0 fully saturated rings. The number of carbonyl (C=O) groups excluding carboxylic acids is 1. The highest BCUT2D eigenvalue weighted by Gasteiger charge is 2.20. The minimum Gasteiger partial charge on any atom is -0.493 e. The third-order valence-electron chi connectivity index (χ3n) is 3.77. The fraction of sp³-hybridized carbons (Fsp3) is 0.316.